The Morgan fingerprint density at radius 2 is 1.85 bits per heavy atom. The topological polar surface area (TPSA) is 76.1 Å². The monoisotopic (exact) mass is 369 g/mol. The minimum absolute atomic E-state index is 0.0127. The summed E-state index contributed by atoms with van der Waals surface area (Å²) in [5.41, 5.74) is -0.0774. The number of nitrogens with zero attached hydrogens (tertiary/aromatic N) is 1. The van der Waals surface area contributed by atoms with Crippen LogP contribution in [0, 0.1) is 0 Å². The van der Waals surface area contributed by atoms with Crippen LogP contribution in [-0.2, 0) is 19.1 Å². The normalized spacial score (nSPS) is 23.6. The molecule has 26 heavy (non-hydrogen) atoms. The van der Waals surface area contributed by atoms with Crippen molar-refractivity contribution in [2.45, 2.75) is 97.6 Å². The zero-order valence-corrected chi connectivity index (χ0v) is 17.2. The Hall–Kier alpha value is -1.40. The van der Waals surface area contributed by atoms with Gasteiger partial charge in [0.2, 0.25) is 5.91 Å². The van der Waals surface area contributed by atoms with Crippen molar-refractivity contribution in [3.8, 4) is 0 Å². The summed E-state index contributed by atoms with van der Waals surface area (Å²) >= 11 is 0. The first-order valence-electron chi connectivity index (χ1n) is 9.57. The molecule has 6 nitrogen and oxygen atoms in total. The summed E-state index contributed by atoms with van der Waals surface area (Å²) < 4.78 is 11.3. The SMILES string of the molecule is CCOC(=O)C1=C[C@@H](OC(CC)CC)[C@H](N(C(C)=O)C(C)(C)C)[C@@H](O)C1. The molecule has 0 aromatic carbocycles. The average molecular weight is 370 g/mol. The summed E-state index contributed by atoms with van der Waals surface area (Å²) in [6.45, 7) is 13.4. The van der Waals surface area contributed by atoms with Crippen molar-refractivity contribution in [3.05, 3.63) is 11.6 Å². The van der Waals surface area contributed by atoms with E-state index < -0.39 is 29.8 Å². The molecule has 1 N–H and O–H groups in total. The fourth-order valence-corrected chi connectivity index (χ4v) is 3.58. The van der Waals surface area contributed by atoms with Crippen molar-refractivity contribution in [1.29, 1.82) is 0 Å². The summed E-state index contributed by atoms with van der Waals surface area (Å²) in [6.07, 6.45) is 2.03. The zero-order chi connectivity index (χ0) is 20.1. The summed E-state index contributed by atoms with van der Waals surface area (Å²) in [5.74, 6) is -0.569. The molecule has 0 saturated heterocycles. The molecule has 0 saturated carbocycles. The number of hydrogen-bond donors (Lipinski definition) is 1. The predicted molar refractivity (Wildman–Crippen MR) is 101 cm³/mol. The van der Waals surface area contributed by atoms with Crippen LogP contribution in [0.2, 0.25) is 0 Å². The van der Waals surface area contributed by atoms with Crippen molar-refractivity contribution in [1.82, 2.24) is 4.90 Å². The van der Waals surface area contributed by atoms with Gasteiger partial charge in [0.15, 0.2) is 0 Å². The number of rotatable bonds is 7. The van der Waals surface area contributed by atoms with Gasteiger partial charge in [0.25, 0.3) is 0 Å². The van der Waals surface area contributed by atoms with Gasteiger partial charge in [-0.15, -0.1) is 0 Å². The number of esters is 1. The number of amides is 1. The number of ether oxygens (including phenoxy) is 2. The lowest BCUT2D eigenvalue weighted by atomic mass is 9.86. The second-order valence-corrected chi connectivity index (χ2v) is 7.77. The second kappa shape index (κ2) is 9.51. The lowest BCUT2D eigenvalue weighted by Gasteiger charge is -2.47. The van der Waals surface area contributed by atoms with Crippen LogP contribution in [0.25, 0.3) is 0 Å². The molecule has 0 spiro atoms. The van der Waals surface area contributed by atoms with Crippen LogP contribution in [0.15, 0.2) is 11.6 Å². The van der Waals surface area contributed by atoms with Gasteiger partial charge in [-0.2, -0.15) is 0 Å². The molecule has 6 heteroatoms. The number of carbonyl (C=O) groups is 2. The number of carbonyl (C=O) groups excluding carboxylic acids is 2. The standard InChI is InChI=1S/C20H35NO5/c1-8-15(9-2)26-17-12-14(19(24)25-10-3)11-16(23)18(17)21(13(4)22)20(5,6)7/h12,15-18,23H,8-11H2,1-7H3/t16-,17+,18+/m0/s1. The third-order valence-corrected chi connectivity index (χ3v) is 4.68. The van der Waals surface area contributed by atoms with Crippen LogP contribution in [0.4, 0.5) is 0 Å². The lowest BCUT2D eigenvalue weighted by Crippen LogP contribution is -2.61. The third-order valence-electron chi connectivity index (χ3n) is 4.68. The summed E-state index contributed by atoms with van der Waals surface area (Å²) in [7, 11) is 0. The lowest BCUT2D eigenvalue weighted by molar-refractivity contribution is -0.152. The zero-order valence-electron chi connectivity index (χ0n) is 17.2. The van der Waals surface area contributed by atoms with Crippen LogP contribution >= 0.6 is 0 Å². The van der Waals surface area contributed by atoms with E-state index >= 15 is 0 Å². The van der Waals surface area contributed by atoms with Gasteiger partial charge in [0.1, 0.15) is 0 Å². The molecule has 1 aliphatic carbocycles. The van der Waals surface area contributed by atoms with Gasteiger partial charge in [0.05, 0.1) is 31.0 Å². The van der Waals surface area contributed by atoms with Gasteiger partial charge in [-0.1, -0.05) is 13.8 Å². The quantitative estimate of drug-likeness (QED) is 0.699. The first-order valence-corrected chi connectivity index (χ1v) is 9.57. The van der Waals surface area contributed by atoms with Gasteiger partial charge in [-0.25, -0.2) is 4.79 Å². The molecule has 0 unspecified atom stereocenters. The number of aliphatic hydroxyl groups excluding tert-OH is 1. The maximum absolute atomic E-state index is 12.4. The number of hydrogen-bond acceptors (Lipinski definition) is 5. The van der Waals surface area contributed by atoms with Crippen molar-refractivity contribution < 1.29 is 24.2 Å². The van der Waals surface area contributed by atoms with E-state index in [1.807, 2.05) is 34.6 Å². The molecule has 0 bridgehead atoms. The van der Waals surface area contributed by atoms with E-state index in [-0.39, 0.29) is 25.0 Å². The molecule has 1 rings (SSSR count). The summed E-state index contributed by atoms with van der Waals surface area (Å²) in [6, 6.07) is -0.550. The van der Waals surface area contributed by atoms with E-state index in [9.17, 15) is 14.7 Å². The Labute approximate surface area is 157 Å². The largest absolute Gasteiger partial charge is 0.463 e. The Balaban J connectivity index is 3.32. The van der Waals surface area contributed by atoms with Crippen LogP contribution in [0.1, 0.15) is 67.7 Å². The second-order valence-electron chi connectivity index (χ2n) is 7.77. The van der Waals surface area contributed by atoms with Gasteiger partial charge in [-0.05, 0) is 46.6 Å². The molecular weight excluding hydrogens is 334 g/mol. The third kappa shape index (κ3) is 5.55. The number of aliphatic hydroxyl groups is 1. The molecule has 150 valence electrons. The van der Waals surface area contributed by atoms with E-state index in [4.69, 9.17) is 9.47 Å². The van der Waals surface area contributed by atoms with Gasteiger partial charge < -0.3 is 19.5 Å². The highest BCUT2D eigenvalue weighted by Crippen LogP contribution is 2.32. The van der Waals surface area contributed by atoms with Gasteiger partial charge in [-0.3, -0.25) is 4.79 Å². The van der Waals surface area contributed by atoms with Crippen LogP contribution in [0.5, 0.6) is 0 Å². The van der Waals surface area contributed by atoms with Crippen molar-refractivity contribution in [2.75, 3.05) is 6.61 Å². The van der Waals surface area contributed by atoms with Crippen LogP contribution in [0.3, 0.4) is 0 Å². The maximum atomic E-state index is 12.4. The van der Waals surface area contributed by atoms with Crippen LogP contribution in [-0.4, -0.2) is 58.4 Å². The van der Waals surface area contributed by atoms with Crippen molar-refractivity contribution in [2.24, 2.45) is 0 Å². The van der Waals surface area contributed by atoms with Gasteiger partial charge in [0, 0.05) is 24.5 Å². The first kappa shape index (κ1) is 22.6. The molecule has 0 aromatic rings. The molecule has 0 fully saturated rings. The van der Waals surface area contributed by atoms with E-state index in [0.29, 0.717) is 5.57 Å². The molecule has 1 amide bonds. The van der Waals surface area contributed by atoms with Crippen molar-refractivity contribution >= 4 is 11.9 Å². The highest BCUT2D eigenvalue weighted by atomic mass is 16.5. The van der Waals surface area contributed by atoms with E-state index in [2.05, 4.69) is 0 Å². The predicted octanol–water partition coefficient (Wildman–Crippen LogP) is 2.83. The van der Waals surface area contributed by atoms with E-state index in [1.54, 1.807) is 17.9 Å². The molecular formula is C20H35NO5. The smallest absolute Gasteiger partial charge is 0.333 e. The molecule has 1 aliphatic rings. The Morgan fingerprint density at radius 1 is 1.27 bits per heavy atom. The molecule has 0 radical (unpaired) electrons. The summed E-state index contributed by atoms with van der Waals surface area (Å²) in [5, 5.41) is 10.8. The fourth-order valence-electron chi connectivity index (χ4n) is 3.58. The minimum atomic E-state index is -0.901. The average Bonchev–Trinajstić information content (AvgIpc) is 2.53. The minimum Gasteiger partial charge on any atom is -0.463 e. The Bertz CT molecular complexity index is 519. The van der Waals surface area contributed by atoms with Crippen molar-refractivity contribution in [3.63, 3.8) is 0 Å². The first-order chi connectivity index (χ1) is 12.1. The Kier molecular flexibility index (Phi) is 8.28. The fraction of sp³-hybridized carbons (Fsp3) is 0.800. The highest BCUT2D eigenvalue weighted by Gasteiger charge is 2.44. The summed E-state index contributed by atoms with van der Waals surface area (Å²) in [4.78, 5) is 26.2. The molecule has 0 heterocycles. The van der Waals surface area contributed by atoms with E-state index in [1.165, 1.54) is 6.92 Å². The van der Waals surface area contributed by atoms with E-state index in [0.717, 1.165) is 12.8 Å². The Morgan fingerprint density at radius 3 is 2.27 bits per heavy atom. The maximum Gasteiger partial charge on any atom is 0.333 e. The molecule has 0 aliphatic heterocycles. The molecule has 0 aromatic heterocycles. The van der Waals surface area contributed by atoms with Crippen LogP contribution < -0.4 is 0 Å². The molecule has 3 atom stereocenters. The highest BCUT2D eigenvalue weighted by molar-refractivity contribution is 5.89. The van der Waals surface area contributed by atoms with Gasteiger partial charge >= 0.3 is 5.97 Å².